The van der Waals surface area contributed by atoms with Crippen LogP contribution in [0.2, 0.25) is 0 Å². The molecule has 0 aromatic heterocycles. The van der Waals surface area contributed by atoms with Crippen molar-refractivity contribution < 1.29 is 9.18 Å². The Balaban J connectivity index is 2.58. The SMILES string of the molecule is NC(=O)c1cc(I)ccc1-c1ccc(F)cc1. The van der Waals surface area contributed by atoms with Crippen LogP contribution in [0.4, 0.5) is 4.39 Å². The van der Waals surface area contributed by atoms with Gasteiger partial charge in [0, 0.05) is 9.13 Å². The highest BCUT2D eigenvalue weighted by atomic mass is 127. The van der Waals surface area contributed by atoms with Crippen molar-refractivity contribution in [2.75, 3.05) is 0 Å². The molecule has 2 rings (SSSR count). The first kappa shape index (κ1) is 12.0. The molecular weight excluding hydrogens is 332 g/mol. The van der Waals surface area contributed by atoms with Crippen LogP contribution >= 0.6 is 22.6 Å². The van der Waals surface area contributed by atoms with Gasteiger partial charge in [-0.25, -0.2) is 4.39 Å². The zero-order valence-electron chi connectivity index (χ0n) is 8.78. The van der Waals surface area contributed by atoms with Crippen LogP contribution in [0.15, 0.2) is 42.5 Å². The Hall–Kier alpha value is -1.43. The molecule has 4 heteroatoms. The highest BCUT2D eigenvalue weighted by Crippen LogP contribution is 2.25. The van der Waals surface area contributed by atoms with Gasteiger partial charge in [0.1, 0.15) is 5.82 Å². The first-order valence-electron chi connectivity index (χ1n) is 4.93. The van der Waals surface area contributed by atoms with Gasteiger partial charge in [0.2, 0.25) is 5.91 Å². The van der Waals surface area contributed by atoms with Crippen LogP contribution in [0.3, 0.4) is 0 Å². The molecule has 0 bridgehead atoms. The monoisotopic (exact) mass is 341 g/mol. The van der Waals surface area contributed by atoms with Gasteiger partial charge in [-0.2, -0.15) is 0 Å². The quantitative estimate of drug-likeness (QED) is 0.838. The maximum absolute atomic E-state index is 12.8. The fraction of sp³-hybridized carbons (Fsp3) is 0. The lowest BCUT2D eigenvalue weighted by molar-refractivity contribution is 0.100. The van der Waals surface area contributed by atoms with Crippen molar-refractivity contribution in [3.8, 4) is 11.1 Å². The summed E-state index contributed by atoms with van der Waals surface area (Å²) >= 11 is 2.11. The lowest BCUT2D eigenvalue weighted by atomic mass is 9.99. The van der Waals surface area contributed by atoms with Crippen molar-refractivity contribution >= 4 is 28.5 Å². The standard InChI is InChI=1S/C13H9FINO/c14-9-3-1-8(2-4-9)11-6-5-10(15)7-12(11)13(16)17/h1-7H,(H2,16,17). The lowest BCUT2D eigenvalue weighted by Crippen LogP contribution is -2.12. The van der Waals surface area contributed by atoms with Gasteiger partial charge in [0.25, 0.3) is 0 Å². The Kier molecular flexibility index (Phi) is 3.42. The molecule has 0 aliphatic carbocycles. The zero-order chi connectivity index (χ0) is 12.4. The van der Waals surface area contributed by atoms with E-state index in [1.54, 1.807) is 18.2 Å². The highest BCUT2D eigenvalue weighted by Gasteiger charge is 2.10. The molecule has 86 valence electrons. The van der Waals surface area contributed by atoms with Gasteiger partial charge in [-0.15, -0.1) is 0 Å². The van der Waals surface area contributed by atoms with E-state index in [2.05, 4.69) is 22.6 Å². The summed E-state index contributed by atoms with van der Waals surface area (Å²) in [4.78, 5) is 11.4. The summed E-state index contributed by atoms with van der Waals surface area (Å²) in [5.41, 5.74) is 7.28. The summed E-state index contributed by atoms with van der Waals surface area (Å²) in [5.74, 6) is -0.789. The van der Waals surface area contributed by atoms with E-state index >= 15 is 0 Å². The zero-order valence-corrected chi connectivity index (χ0v) is 10.9. The molecule has 0 saturated heterocycles. The number of nitrogens with two attached hydrogens (primary N) is 1. The van der Waals surface area contributed by atoms with Gasteiger partial charge in [-0.3, -0.25) is 4.79 Å². The van der Waals surface area contributed by atoms with Gasteiger partial charge in [-0.05, 0) is 58.0 Å². The molecule has 0 radical (unpaired) electrons. The molecule has 2 N–H and O–H groups in total. The second-order valence-corrected chi connectivity index (χ2v) is 4.81. The summed E-state index contributed by atoms with van der Waals surface area (Å²) in [5, 5.41) is 0. The number of primary amides is 1. The van der Waals surface area contributed by atoms with Crippen molar-refractivity contribution in [3.05, 3.63) is 57.4 Å². The maximum atomic E-state index is 12.8. The number of benzene rings is 2. The van der Waals surface area contributed by atoms with Crippen LogP contribution in [-0.2, 0) is 0 Å². The molecule has 0 aliphatic heterocycles. The van der Waals surface area contributed by atoms with E-state index in [1.165, 1.54) is 12.1 Å². The lowest BCUT2D eigenvalue weighted by Gasteiger charge is -2.07. The van der Waals surface area contributed by atoms with Crippen LogP contribution in [0.25, 0.3) is 11.1 Å². The number of rotatable bonds is 2. The van der Waals surface area contributed by atoms with Gasteiger partial charge >= 0.3 is 0 Å². The normalized spacial score (nSPS) is 10.2. The minimum atomic E-state index is -0.483. The van der Waals surface area contributed by atoms with E-state index in [9.17, 15) is 9.18 Å². The van der Waals surface area contributed by atoms with Gasteiger partial charge in [0.05, 0.1) is 0 Å². The van der Waals surface area contributed by atoms with Crippen LogP contribution in [-0.4, -0.2) is 5.91 Å². The minimum absolute atomic E-state index is 0.306. The number of hydrogen-bond acceptors (Lipinski definition) is 1. The summed E-state index contributed by atoms with van der Waals surface area (Å²) in [6.45, 7) is 0. The maximum Gasteiger partial charge on any atom is 0.249 e. The number of hydrogen-bond donors (Lipinski definition) is 1. The fourth-order valence-corrected chi connectivity index (χ4v) is 2.09. The molecule has 0 aliphatic rings. The molecule has 0 spiro atoms. The van der Waals surface area contributed by atoms with Crippen LogP contribution in [0.1, 0.15) is 10.4 Å². The summed E-state index contributed by atoms with van der Waals surface area (Å²) in [6.07, 6.45) is 0. The molecule has 1 amide bonds. The van der Waals surface area contributed by atoms with E-state index in [4.69, 9.17) is 5.73 Å². The van der Waals surface area contributed by atoms with Gasteiger partial charge in [-0.1, -0.05) is 18.2 Å². The number of carbonyl (C=O) groups excluding carboxylic acids is 1. The van der Waals surface area contributed by atoms with Crippen LogP contribution in [0, 0.1) is 9.39 Å². The molecule has 0 heterocycles. The Morgan fingerprint density at radius 3 is 2.35 bits per heavy atom. The molecule has 0 atom stereocenters. The number of carbonyl (C=O) groups is 1. The minimum Gasteiger partial charge on any atom is -0.366 e. The van der Waals surface area contributed by atoms with E-state index in [-0.39, 0.29) is 5.82 Å². The third-order valence-corrected chi connectivity index (χ3v) is 3.07. The Bertz CT molecular complexity index is 566. The van der Waals surface area contributed by atoms with Crippen LogP contribution < -0.4 is 5.73 Å². The predicted molar refractivity (Wildman–Crippen MR) is 73.1 cm³/mol. The topological polar surface area (TPSA) is 43.1 Å². The van der Waals surface area contributed by atoms with Crippen LogP contribution in [0.5, 0.6) is 0 Å². The van der Waals surface area contributed by atoms with E-state index in [0.29, 0.717) is 5.56 Å². The summed E-state index contributed by atoms with van der Waals surface area (Å²) in [7, 11) is 0. The third kappa shape index (κ3) is 2.63. The third-order valence-electron chi connectivity index (χ3n) is 2.40. The van der Waals surface area contributed by atoms with Crippen molar-refractivity contribution in [2.45, 2.75) is 0 Å². The molecule has 2 aromatic rings. The molecule has 2 nitrogen and oxygen atoms in total. The Morgan fingerprint density at radius 2 is 1.76 bits per heavy atom. The summed E-state index contributed by atoms with van der Waals surface area (Å²) in [6, 6.07) is 11.4. The average molecular weight is 341 g/mol. The van der Waals surface area contributed by atoms with Crippen molar-refractivity contribution in [3.63, 3.8) is 0 Å². The molecule has 0 saturated carbocycles. The Morgan fingerprint density at radius 1 is 1.12 bits per heavy atom. The van der Waals surface area contributed by atoms with Crippen molar-refractivity contribution in [1.29, 1.82) is 0 Å². The van der Waals surface area contributed by atoms with Gasteiger partial charge in [0.15, 0.2) is 0 Å². The molecule has 2 aromatic carbocycles. The molecule has 0 fully saturated rings. The van der Waals surface area contributed by atoms with E-state index < -0.39 is 5.91 Å². The Labute approximate surface area is 112 Å². The van der Waals surface area contributed by atoms with Crippen molar-refractivity contribution in [1.82, 2.24) is 0 Å². The average Bonchev–Trinajstić information content (AvgIpc) is 2.30. The van der Waals surface area contributed by atoms with Gasteiger partial charge < -0.3 is 5.73 Å². The van der Waals surface area contributed by atoms with E-state index in [0.717, 1.165) is 14.7 Å². The predicted octanol–water partition coefficient (Wildman–Crippen LogP) is 3.20. The molecular formula is C13H9FINO. The fourth-order valence-electron chi connectivity index (χ4n) is 1.60. The highest BCUT2D eigenvalue weighted by molar-refractivity contribution is 14.1. The number of amides is 1. The second kappa shape index (κ2) is 4.83. The van der Waals surface area contributed by atoms with Crippen molar-refractivity contribution in [2.24, 2.45) is 5.73 Å². The summed E-state index contributed by atoms with van der Waals surface area (Å²) < 4.78 is 13.8. The second-order valence-electron chi connectivity index (χ2n) is 3.56. The van der Waals surface area contributed by atoms with E-state index in [1.807, 2.05) is 12.1 Å². The first-order chi connectivity index (χ1) is 8.08. The molecule has 17 heavy (non-hydrogen) atoms. The number of halogens is 2. The first-order valence-corrected chi connectivity index (χ1v) is 6.01. The largest absolute Gasteiger partial charge is 0.366 e. The smallest absolute Gasteiger partial charge is 0.249 e. The molecule has 0 unspecified atom stereocenters.